The Hall–Kier alpha value is -1.39. The van der Waals surface area contributed by atoms with Crippen molar-refractivity contribution < 1.29 is 0 Å². The number of aryl methyl sites for hydroxylation is 2. The zero-order valence-electron chi connectivity index (χ0n) is 12.9. The Balaban J connectivity index is 2.06. The van der Waals surface area contributed by atoms with Gasteiger partial charge in [0.1, 0.15) is 0 Å². The topological polar surface area (TPSA) is 24.1 Å². The van der Waals surface area contributed by atoms with Crippen LogP contribution < -0.4 is 10.6 Å². The minimum Gasteiger partial charge on any atom is -0.355 e. The van der Waals surface area contributed by atoms with Gasteiger partial charge in [-0.15, -0.1) is 11.3 Å². The van der Waals surface area contributed by atoms with Crippen LogP contribution in [0, 0.1) is 19.8 Å². The van der Waals surface area contributed by atoms with Crippen LogP contribution in [0.4, 0.5) is 5.69 Å². The summed E-state index contributed by atoms with van der Waals surface area (Å²) in [6.45, 7) is 8.60. The predicted molar refractivity (Wildman–Crippen MR) is 97.2 cm³/mol. The summed E-state index contributed by atoms with van der Waals surface area (Å²) in [5, 5.41) is 9.51. The van der Waals surface area contributed by atoms with Crippen LogP contribution in [-0.2, 0) is 0 Å². The van der Waals surface area contributed by atoms with E-state index < -0.39 is 0 Å². The van der Waals surface area contributed by atoms with Gasteiger partial charge in [-0.3, -0.25) is 0 Å². The highest BCUT2D eigenvalue weighted by atomic mass is 32.1. The highest BCUT2D eigenvalue weighted by Crippen LogP contribution is 2.26. The number of nitrogens with one attached hydrogen (secondary N) is 2. The molecule has 2 aromatic rings. The van der Waals surface area contributed by atoms with Gasteiger partial charge in [-0.1, -0.05) is 26.0 Å². The molecular formula is C17H22N2S2. The predicted octanol–water partition coefficient (Wildman–Crippen LogP) is 5.05. The minimum atomic E-state index is 0.246. The fourth-order valence-corrected chi connectivity index (χ4v) is 3.58. The average molecular weight is 319 g/mol. The largest absolute Gasteiger partial charge is 0.355 e. The first kappa shape index (κ1) is 16.0. The van der Waals surface area contributed by atoms with Gasteiger partial charge < -0.3 is 10.6 Å². The lowest BCUT2D eigenvalue weighted by Gasteiger charge is -2.23. The highest BCUT2D eigenvalue weighted by Gasteiger charge is 2.17. The molecule has 112 valence electrons. The molecule has 0 unspecified atom stereocenters. The Morgan fingerprint density at radius 3 is 2.33 bits per heavy atom. The normalized spacial score (nSPS) is 12.2. The monoisotopic (exact) mass is 318 g/mol. The maximum atomic E-state index is 5.47. The van der Waals surface area contributed by atoms with E-state index >= 15 is 0 Å². The molecule has 0 saturated carbocycles. The number of benzene rings is 1. The molecule has 4 heteroatoms. The fourth-order valence-electron chi connectivity index (χ4n) is 2.39. The summed E-state index contributed by atoms with van der Waals surface area (Å²) in [6, 6.07) is 10.9. The molecule has 0 radical (unpaired) electrons. The van der Waals surface area contributed by atoms with Gasteiger partial charge >= 0.3 is 0 Å². The summed E-state index contributed by atoms with van der Waals surface area (Å²) < 4.78 is 0. The molecule has 2 nitrogen and oxygen atoms in total. The lowest BCUT2D eigenvalue weighted by Crippen LogP contribution is -2.34. The van der Waals surface area contributed by atoms with Crippen LogP contribution in [0.3, 0.4) is 0 Å². The van der Waals surface area contributed by atoms with Gasteiger partial charge in [0.05, 0.1) is 6.04 Å². The van der Waals surface area contributed by atoms with Gasteiger partial charge in [-0.05, 0) is 66.7 Å². The zero-order chi connectivity index (χ0) is 15.4. The molecule has 0 fully saturated rings. The molecule has 0 saturated heterocycles. The molecule has 0 spiro atoms. The molecule has 1 aromatic carbocycles. The van der Waals surface area contributed by atoms with Crippen LogP contribution in [0.2, 0.25) is 0 Å². The Kier molecular flexibility index (Phi) is 5.37. The standard InChI is InChI=1S/C17H22N2S2/c1-11(2)16(15-6-5-7-21-15)19-17(20)18-14-9-12(3)8-13(4)10-14/h5-11,16H,1-4H3,(H2,18,19,20)/t16-/m0/s1. The van der Waals surface area contributed by atoms with Crippen LogP contribution in [0.25, 0.3) is 0 Å². The second-order valence-corrected chi connectivity index (χ2v) is 7.10. The van der Waals surface area contributed by atoms with E-state index in [4.69, 9.17) is 12.2 Å². The van der Waals surface area contributed by atoms with Crippen molar-refractivity contribution >= 4 is 34.4 Å². The van der Waals surface area contributed by atoms with Crippen LogP contribution in [-0.4, -0.2) is 5.11 Å². The fraction of sp³-hybridized carbons (Fsp3) is 0.353. The van der Waals surface area contributed by atoms with Crippen molar-refractivity contribution in [3.05, 3.63) is 51.7 Å². The highest BCUT2D eigenvalue weighted by molar-refractivity contribution is 7.80. The molecule has 1 heterocycles. The van der Waals surface area contributed by atoms with Gasteiger partial charge in [0.15, 0.2) is 5.11 Å². The molecule has 1 atom stereocenters. The minimum absolute atomic E-state index is 0.246. The molecule has 0 aliphatic heterocycles. The van der Waals surface area contributed by atoms with Gasteiger partial charge in [-0.25, -0.2) is 0 Å². The summed E-state index contributed by atoms with van der Waals surface area (Å²) in [5.41, 5.74) is 3.51. The second kappa shape index (κ2) is 7.05. The quantitative estimate of drug-likeness (QED) is 0.772. The van der Waals surface area contributed by atoms with E-state index in [1.165, 1.54) is 16.0 Å². The SMILES string of the molecule is Cc1cc(C)cc(NC(=S)N[C@H](c2cccs2)C(C)C)c1. The molecule has 2 rings (SSSR count). The van der Waals surface area contributed by atoms with Crippen LogP contribution >= 0.6 is 23.6 Å². The van der Waals surface area contributed by atoms with Gasteiger partial charge in [0.25, 0.3) is 0 Å². The van der Waals surface area contributed by atoms with Crippen LogP contribution in [0.15, 0.2) is 35.7 Å². The van der Waals surface area contributed by atoms with Gasteiger partial charge in [0.2, 0.25) is 0 Å². The van der Waals surface area contributed by atoms with Gasteiger partial charge in [0, 0.05) is 10.6 Å². The lowest BCUT2D eigenvalue weighted by molar-refractivity contribution is 0.480. The maximum absolute atomic E-state index is 5.47. The third-order valence-electron chi connectivity index (χ3n) is 3.28. The van der Waals surface area contributed by atoms with Crippen LogP contribution in [0.5, 0.6) is 0 Å². The molecule has 0 amide bonds. The molecular weight excluding hydrogens is 296 g/mol. The summed E-state index contributed by atoms with van der Waals surface area (Å²) >= 11 is 7.24. The Morgan fingerprint density at radius 2 is 1.81 bits per heavy atom. The van der Waals surface area contributed by atoms with E-state index in [1.807, 2.05) is 0 Å². The summed E-state index contributed by atoms with van der Waals surface area (Å²) in [5.74, 6) is 0.475. The Bertz CT molecular complexity index is 583. The summed E-state index contributed by atoms with van der Waals surface area (Å²) in [6.07, 6.45) is 0. The van der Waals surface area contributed by atoms with E-state index in [-0.39, 0.29) is 6.04 Å². The van der Waals surface area contributed by atoms with Crippen LogP contribution in [0.1, 0.15) is 35.9 Å². The number of rotatable bonds is 4. The Morgan fingerprint density at radius 1 is 1.14 bits per heavy atom. The van der Waals surface area contributed by atoms with Crippen molar-refractivity contribution in [3.63, 3.8) is 0 Å². The Labute approximate surface area is 136 Å². The molecule has 1 aromatic heterocycles. The first-order chi connectivity index (χ1) is 9.95. The van der Waals surface area contributed by atoms with E-state index in [0.717, 1.165) is 5.69 Å². The molecule has 0 bridgehead atoms. The number of hydrogen-bond acceptors (Lipinski definition) is 2. The van der Waals surface area contributed by atoms with Crippen molar-refractivity contribution in [2.45, 2.75) is 33.7 Å². The van der Waals surface area contributed by atoms with Crippen molar-refractivity contribution in [3.8, 4) is 0 Å². The third-order valence-corrected chi connectivity index (χ3v) is 4.46. The van der Waals surface area contributed by atoms with Gasteiger partial charge in [-0.2, -0.15) is 0 Å². The second-order valence-electron chi connectivity index (χ2n) is 5.71. The summed E-state index contributed by atoms with van der Waals surface area (Å²) in [4.78, 5) is 1.31. The number of hydrogen-bond donors (Lipinski definition) is 2. The van der Waals surface area contributed by atoms with E-state index in [9.17, 15) is 0 Å². The smallest absolute Gasteiger partial charge is 0.171 e. The van der Waals surface area contributed by atoms with Crippen molar-refractivity contribution in [2.75, 3.05) is 5.32 Å². The maximum Gasteiger partial charge on any atom is 0.171 e. The average Bonchev–Trinajstić information content (AvgIpc) is 2.87. The molecule has 0 aliphatic carbocycles. The van der Waals surface area contributed by atoms with E-state index in [1.54, 1.807) is 11.3 Å². The van der Waals surface area contributed by atoms with Crippen molar-refractivity contribution in [1.82, 2.24) is 5.32 Å². The number of thiocarbonyl (C=S) groups is 1. The summed E-state index contributed by atoms with van der Waals surface area (Å²) in [7, 11) is 0. The van der Waals surface area contributed by atoms with E-state index in [0.29, 0.717) is 11.0 Å². The van der Waals surface area contributed by atoms with E-state index in [2.05, 4.69) is 74.0 Å². The first-order valence-electron chi connectivity index (χ1n) is 7.15. The zero-order valence-corrected chi connectivity index (χ0v) is 14.6. The first-order valence-corrected chi connectivity index (χ1v) is 8.43. The molecule has 0 aliphatic rings. The lowest BCUT2D eigenvalue weighted by atomic mass is 10.0. The molecule has 21 heavy (non-hydrogen) atoms. The number of thiophene rings is 1. The third kappa shape index (κ3) is 4.55. The van der Waals surface area contributed by atoms with Crippen molar-refractivity contribution in [2.24, 2.45) is 5.92 Å². The molecule has 2 N–H and O–H groups in total. The number of anilines is 1. The van der Waals surface area contributed by atoms with Crippen molar-refractivity contribution in [1.29, 1.82) is 0 Å².